The Morgan fingerprint density at radius 2 is 1.85 bits per heavy atom. The van der Waals surface area contributed by atoms with Crippen LogP contribution >= 0.6 is 0 Å². The van der Waals surface area contributed by atoms with Crippen molar-refractivity contribution in [3.63, 3.8) is 0 Å². The van der Waals surface area contributed by atoms with Crippen molar-refractivity contribution in [2.75, 3.05) is 39.8 Å². The molecule has 6 heteroatoms. The average molecular weight is 373 g/mol. The Kier molecular flexibility index (Phi) is 7.24. The van der Waals surface area contributed by atoms with Crippen LogP contribution in [0.4, 0.5) is 0 Å². The maximum atomic E-state index is 5.50. The minimum atomic E-state index is 0.191. The van der Waals surface area contributed by atoms with Gasteiger partial charge in [0.25, 0.3) is 0 Å². The van der Waals surface area contributed by atoms with E-state index in [2.05, 4.69) is 45.9 Å². The van der Waals surface area contributed by atoms with Crippen LogP contribution in [0.15, 0.2) is 28.8 Å². The summed E-state index contributed by atoms with van der Waals surface area (Å²) in [6, 6.07) is 8.57. The fraction of sp³-hybridized carbons (Fsp3) is 0.619. The molecule has 148 valence electrons. The first-order chi connectivity index (χ1) is 13.2. The van der Waals surface area contributed by atoms with E-state index in [9.17, 15) is 0 Å². The van der Waals surface area contributed by atoms with Crippen molar-refractivity contribution in [1.29, 1.82) is 0 Å². The molecule has 0 bridgehead atoms. The van der Waals surface area contributed by atoms with Crippen LogP contribution in [0.5, 0.6) is 5.75 Å². The lowest BCUT2D eigenvalue weighted by Crippen LogP contribution is -2.47. The third kappa shape index (κ3) is 5.53. The fourth-order valence-electron chi connectivity index (χ4n) is 3.48. The van der Waals surface area contributed by atoms with Crippen molar-refractivity contribution in [2.24, 2.45) is 0 Å². The summed E-state index contributed by atoms with van der Waals surface area (Å²) >= 11 is 0. The van der Waals surface area contributed by atoms with Crippen LogP contribution in [-0.4, -0.2) is 59.8 Å². The molecule has 1 aliphatic rings. The van der Waals surface area contributed by atoms with Gasteiger partial charge in [-0.05, 0) is 37.5 Å². The Bertz CT molecular complexity index is 678. The number of rotatable bonds is 9. The topological polar surface area (TPSA) is 54.6 Å². The van der Waals surface area contributed by atoms with Crippen LogP contribution in [0.1, 0.15) is 50.0 Å². The van der Waals surface area contributed by atoms with Crippen molar-refractivity contribution >= 4 is 0 Å². The van der Waals surface area contributed by atoms with E-state index in [0.29, 0.717) is 0 Å². The Morgan fingerprint density at radius 1 is 1.11 bits per heavy atom. The van der Waals surface area contributed by atoms with Crippen LogP contribution in [0.25, 0.3) is 0 Å². The molecule has 0 spiro atoms. The van der Waals surface area contributed by atoms with Gasteiger partial charge in [0.05, 0.1) is 13.2 Å². The molecule has 2 heterocycles. The first-order valence-electron chi connectivity index (χ1n) is 10.1. The summed E-state index contributed by atoms with van der Waals surface area (Å²) in [5.74, 6) is 2.52. The number of aryl methyl sites for hydroxylation is 1. The third-order valence-corrected chi connectivity index (χ3v) is 5.43. The Hall–Kier alpha value is -1.92. The highest BCUT2D eigenvalue weighted by Crippen LogP contribution is 2.21. The number of ether oxygens (including phenoxy) is 1. The van der Waals surface area contributed by atoms with Crippen LogP contribution in [0.3, 0.4) is 0 Å². The van der Waals surface area contributed by atoms with Gasteiger partial charge in [0.15, 0.2) is 5.82 Å². The van der Waals surface area contributed by atoms with Crippen molar-refractivity contribution in [2.45, 2.75) is 45.6 Å². The van der Waals surface area contributed by atoms with E-state index in [1.165, 1.54) is 5.56 Å². The molecule has 2 aromatic rings. The lowest BCUT2D eigenvalue weighted by atomic mass is 10.1. The molecule has 1 saturated heterocycles. The largest absolute Gasteiger partial charge is 0.497 e. The van der Waals surface area contributed by atoms with Crippen molar-refractivity contribution in [3.8, 4) is 5.75 Å². The van der Waals surface area contributed by atoms with Gasteiger partial charge >= 0.3 is 0 Å². The zero-order chi connectivity index (χ0) is 19.1. The number of piperazine rings is 1. The van der Waals surface area contributed by atoms with Gasteiger partial charge in [0, 0.05) is 39.1 Å². The summed E-state index contributed by atoms with van der Waals surface area (Å²) in [6.07, 6.45) is 4.24. The van der Waals surface area contributed by atoms with E-state index in [4.69, 9.17) is 9.26 Å². The molecule has 3 rings (SSSR count). The number of nitrogens with zero attached hydrogens (tertiary/aromatic N) is 4. The van der Waals surface area contributed by atoms with Crippen molar-refractivity contribution < 1.29 is 9.26 Å². The molecule has 1 unspecified atom stereocenters. The first kappa shape index (κ1) is 19.8. The van der Waals surface area contributed by atoms with E-state index in [-0.39, 0.29) is 6.04 Å². The predicted molar refractivity (Wildman–Crippen MR) is 106 cm³/mol. The van der Waals surface area contributed by atoms with Crippen LogP contribution in [0.2, 0.25) is 0 Å². The quantitative estimate of drug-likeness (QED) is 0.673. The number of aromatic nitrogens is 2. The number of hydrogen-bond donors (Lipinski definition) is 0. The summed E-state index contributed by atoms with van der Waals surface area (Å²) in [7, 11) is 1.70. The summed E-state index contributed by atoms with van der Waals surface area (Å²) < 4.78 is 10.7. The van der Waals surface area contributed by atoms with Gasteiger partial charge in [-0.15, -0.1) is 0 Å². The van der Waals surface area contributed by atoms with Crippen LogP contribution in [-0.2, 0) is 12.8 Å². The van der Waals surface area contributed by atoms with Crippen LogP contribution in [0, 0.1) is 0 Å². The van der Waals surface area contributed by atoms with Gasteiger partial charge in [-0.3, -0.25) is 4.90 Å². The van der Waals surface area contributed by atoms with E-state index in [1.54, 1.807) is 7.11 Å². The predicted octanol–water partition coefficient (Wildman–Crippen LogP) is 3.34. The second-order valence-corrected chi connectivity index (χ2v) is 7.30. The molecule has 0 saturated carbocycles. The Morgan fingerprint density at radius 3 is 2.52 bits per heavy atom. The second-order valence-electron chi connectivity index (χ2n) is 7.30. The summed E-state index contributed by atoms with van der Waals surface area (Å²) in [6.45, 7) is 9.68. The molecule has 0 aliphatic carbocycles. The van der Waals surface area contributed by atoms with E-state index in [0.717, 1.165) is 75.9 Å². The normalized spacial score (nSPS) is 17.1. The molecular formula is C21H32N4O2. The molecule has 1 atom stereocenters. The minimum absolute atomic E-state index is 0.191. The highest BCUT2D eigenvalue weighted by atomic mass is 16.5. The summed E-state index contributed by atoms with van der Waals surface area (Å²) in [5.41, 5.74) is 1.36. The molecule has 1 aromatic carbocycles. The molecule has 27 heavy (non-hydrogen) atoms. The van der Waals surface area contributed by atoms with Crippen molar-refractivity contribution in [1.82, 2.24) is 19.9 Å². The Balaban J connectivity index is 1.43. The maximum absolute atomic E-state index is 5.50. The average Bonchev–Trinajstić information content (AvgIpc) is 3.20. The third-order valence-electron chi connectivity index (χ3n) is 5.43. The highest BCUT2D eigenvalue weighted by Gasteiger charge is 2.25. The number of benzene rings is 1. The van der Waals surface area contributed by atoms with Gasteiger partial charge in [-0.2, -0.15) is 4.98 Å². The highest BCUT2D eigenvalue weighted by molar-refractivity contribution is 5.27. The smallest absolute Gasteiger partial charge is 0.243 e. The molecule has 0 amide bonds. The van der Waals surface area contributed by atoms with E-state index >= 15 is 0 Å². The lowest BCUT2D eigenvalue weighted by Gasteiger charge is -2.36. The molecule has 1 aromatic heterocycles. The van der Waals surface area contributed by atoms with Gasteiger partial charge < -0.3 is 14.2 Å². The summed E-state index contributed by atoms with van der Waals surface area (Å²) in [4.78, 5) is 9.57. The fourth-order valence-corrected chi connectivity index (χ4v) is 3.48. The van der Waals surface area contributed by atoms with Gasteiger partial charge in [-0.1, -0.05) is 30.6 Å². The summed E-state index contributed by atoms with van der Waals surface area (Å²) in [5, 5.41) is 4.13. The standard InChI is InChI=1S/C21H32N4O2/c1-4-5-6-20-22-21(27-23-20)17(2)25-15-13-24(14-16-25)12-11-18-7-9-19(26-3)10-8-18/h7-10,17H,4-6,11-16H2,1-3H3. The van der Waals surface area contributed by atoms with Crippen molar-refractivity contribution in [3.05, 3.63) is 41.5 Å². The molecule has 6 nitrogen and oxygen atoms in total. The van der Waals surface area contributed by atoms with Gasteiger partial charge in [0.2, 0.25) is 5.89 Å². The first-order valence-corrected chi connectivity index (χ1v) is 10.1. The molecule has 0 radical (unpaired) electrons. The zero-order valence-corrected chi connectivity index (χ0v) is 16.9. The van der Waals surface area contributed by atoms with E-state index in [1.807, 2.05) is 12.1 Å². The Labute approximate surface area is 162 Å². The van der Waals surface area contributed by atoms with Crippen LogP contribution < -0.4 is 4.74 Å². The molecular weight excluding hydrogens is 340 g/mol. The molecule has 1 fully saturated rings. The second kappa shape index (κ2) is 9.85. The van der Waals surface area contributed by atoms with E-state index < -0.39 is 0 Å². The number of hydrogen-bond acceptors (Lipinski definition) is 6. The maximum Gasteiger partial charge on any atom is 0.243 e. The lowest BCUT2D eigenvalue weighted by molar-refractivity contribution is 0.0890. The monoisotopic (exact) mass is 372 g/mol. The SMILES string of the molecule is CCCCc1noc(C(C)N2CCN(CCc3ccc(OC)cc3)CC2)n1. The van der Waals surface area contributed by atoms with Gasteiger partial charge in [0.1, 0.15) is 5.75 Å². The minimum Gasteiger partial charge on any atom is -0.497 e. The number of unbranched alkanes of at least 4 members (excludes halogenated alkanes) is 1. The zero-order valence-electron chi connectivity index (χ0n) is 16.9. The van der Waals surface area contributed by atoms with Gasteiger partial charge in [-0.25, -0.2) is 0 Å². The number of methoxy groups -OCH3 is 1. The molecule has 1 aliphatic heterocycles. The molecule has 0 N–H and O–H groups in total.